The maximum atomic E-state index is 11.1. The van der Waals surface area contributed by atoms with Crippen molar-refractivity contribution in [3.05, 3.63) is 23.5 Å². The van der Waals surface area contributed by atoms with Crippen LogP contribution in [0.4, 0.5) is 0 Å². The highest BCUT2D eigenvalue weighted by Gasteiger charge is 2.21. The zero-order chi connectivity index (χ0) is 13.1. The molecule has 0 saturated carbocycles. The Labute approximate surface area is 109 Å². The van der Waals surface area contributed by atoms with Gasteiger partial charge in [0.2, 0.25) is 5.91 Å². The molecule has 4 nitrogen and oxygen atoms in total. The highest BCUT2D eigenvalue weighted by molar-refractivity contribution is 5.76. The fourth-order valence-corrected chi connectivity index (χ4v) is 2.72. The molecular formula is C14H23N3O. The van der Waals surface area contributed by atoms with Gasteiger partial charge in [0, 0.05) is 25.0 Å². The molecule has 2 atom stereocenters. The summed E-state index contributed by atoms with van der Waals surface area (Å²) in [6, 6.07) is 0.476. The molecule has 1 aromatic heterocycles. The number of nitrogens with one attached hydrogen (secondary N) is 1. The Morgan fingerprint density at radius 2 is 2.39 bits per heavy atom. The molecule has 4 heteroatoms. The highest BCUT2D eigenvalue weighted by atomic mass is 16.1. The number of fused-ring (bicyclic) bond motifs is 1. The number of nitrogens with two attached hydrogens (primary N) is 1. The third kappa shape index (κ3) is 2.75. The summed E-state index contributed by atoms with van der Waals surface area (Å²) in [5.41, 5.74) is 8.14. The fraction of sp³-hybridized carbons (Fsp3) is 0.643. The summed E-state index contributed by atoms with van der Waals surface area (Å²) in [4.78, 5) is 11.1. The van der Waals surface area contributed by atoms with E-state index in [-0.39, 0.29) is 11.8 Å². The molecule has 2 rings (SSSR count). The quantitative estimate of drug-likeness (QED) is 0.832. The van der Waals surface area contributed by atoms with Crippen molar-refractivity contribution in [2.24, 2.45) is 11.7 Å². The van der Waals surface area contributed by atoms with Crippen LogP contribution in [0.2, 0.25) is 0 Å². The van der Waals surface area contributed by atoms with Gasteiger partial charge in [-0.15, -0.1) is 0 Å². The Morgan fingerprint density at radius 1 is 1.61 bits per heavy atom. The highest BCUT2D eigenvalue weighted by Crippen LogP contribution is 2.30. The summed E-state index contributed by atoms with van der Waals surface area (Å²) < 4.78 is 2.12. The van der Waals surface area contributed by atoms with Gasteiger partial charge in [-0.05, 0) is 36.9 Å². The van der Waals surface area contributed by atoms with Crippen molar-refractivity contribution in [2.75, 3.05) is 6.54 Å². The van der Waals surface area contributed by atoms with Gasteiger partial charge in [0.15, 0.2) is 0 Å². The molecule has 0 radical (unpaired) electrons. The van der Waals surface area contributed by atoms with Crippen molar-refractivity contribution in [3.63, 3.8) is 0 Å². The minimum atomic E-state index is -0.232. The zero-order valence-electron chi connectivity index (χ0n) is 11.3. The summed E-state index contributed by atoms with van der Waals surface area (Å²) in [6.07, 6.45) is 7.95. The van der Waals surface area contributed by atoms with Crippen LogP contribution in [0.15, 0.2) is 12.4 Å². The molecule has 0 saturated heterocycles. The Balaban J connectivity index is 2.14. The van der Waals surface area contributed by atoms with E-state index >= 15 is 0 Å². The molecule has 18 heavy (non-hydrogen) atoms. The van der Waals surface area contributed by atoms with E-state index in [0.29, 0.717) is 12.6 Å². The van der Waals surface area contributed by atoms with Crippen molar-refractivity contribution in [1.82, 2.24) is 9.88 Å². The molecule has 100 valence electrons. The molecule has 0 fully saturated rings. The van der Waals surface area contributed by atoms with Gasteiger partial charge in [-0.3, -0.25) is 4.79 Å². The van der Waals surface area contributed by atoms with E-state index in [9.17, 15) is 4.79 Å². The van der Waals surface area contributed by atoms with Crippen LogP contribution in [0.1, 0.15) is 43.9 Å². The molecule has 1 aromatic rings. The monoisotopic (exact) mass is 249 g/mol. The number of aryl methyl sites for hydroxylation is 1. The van der Waals surface area contributed by atoms with Crippen molar-refractivity contribution < 1.29 is 4.79 Å². The van der Waals surface area contributed by atoms with Crippen molar-refractivity contribution in [1.29, 1.82) is 0 Å². The molecule has 1 amide bonds. The van der Waals surface area contributed by atoms with Crippen LogP contribution in [0.25, 0.3) is 0 Å². The number of hydrogen-bond acceptors (Lipinski definition) is 2. The Hall–Kier alpha value is -1.29. The second-order valence-corrected chi connectivity index (χ2v) is 5.24. The van der Waals surface area contributed by atoms with Gasteiger partial charge in [-0.25, -0.2) is 0 Å². The van der Waals surface area contributed by atoms with Gasteiger partial charge in [0.05, 0.1) is 5.92 Å². The van der Waals surface area contributed by atoms with Crippen molar-refractivity contribution in [2.45, 2.75) is 45.7 Å². The first kappa shape index (κ1) is 13.1. The Kier molecular flexibility index (Phi) is 4.07. The molecule has 3 N–H and O–H groups in total. The maximum absolute atomic E-state index is 11.1. The topological polar surface area (TPSA) is 60.1 Å². The first-order valence-electron chi connectivity index (χ1n) is 6.83. The third-order valence-electron chi connectivity index (χ3n) is 3.73. The maximum Gasteiger partial charge on any atom is 0.222 e. The first-order valence-corrected chi connectivity index (χ1v) is 6.83. The van der Waals surface area contributed by atoms with Gasteiger partial charge in [0.25, 0.3) is 0 Å². The van der Waals surface area contributed by atoms with E-state index in [1.54, 1.807) is 0 Å². The normalized spacial score (nSPS) is 20.4. The van der Waals surface area contributed by atoms with E-state index in [4.69, 9.17) is 5.73 Å². The summed E-state index contributed by atoms with van der Waals surface area (Å²) >= 11 is 0. The van der Waals surface area contributed by atoms with Crippen LogP contribution in [0.5, 0.6) is 0 Å². The first-order chi connectivity index (χ1) is 8.61. The second-order valence-electron chi connectivity index (χ2n) is 5.24. The molecule has 1 heterocycles. The molecular weight excluding hydrogens is 226 g/mol. The van der Waals surface area contributed by atoms with Gasteiger partial charge in [-0.1, -0.05) is 13.8 Å². The minimum absolute atomic E-state index is 0.114. The number of primary amides is 1. The Bertz CT molecular complexity index is 425. The summed E-state index contributed by atoms with van der Waals surface area (Å²) in [6.45, 7) is 5.69. The van der Waals surface area contributed by atoms with Crippen LogP contribution in [-0.2, 0) is 17.8 Å². The summed E-state index contributed by atoms with van der Waals surface area (Å²) in [7, 11) is 0. The van der Waals surface area contributed by atoms with Gasteiger partial charge in [-0.2, -0.15) is 0 Å². The SMILES string of the molecule is CCNC1CCCc2cn(CC(C)C(N)=O)cc21. The van der Waals surface area contributed by atoms with E-state index in [1.807, 2.05) is 6.92 Å². The molecule has 2 unspecified atom stereocenters. The van der Waals surface area contributed by atoms with Crippen LogP contribution in [0.3, 0.4) is 0 Å². The van der Waals surface area contributed by atoms with E-state index in [2.05, 4.69) is 29.2 Å². The number of rotatable bonds is 5. The van der Waals surface area contributed by atoms with Gasteiger partial charge >= 0.3 is 0 Å². The predicted molar refractivity (Wildman–Crippen MR) is 72.1 cm³/mol. The summed E-state index contributed by atoms with van der Waals surface area (Å²) in [5, 5.41) is 3.53. The lowest BCUT2D eigenvalue weighted by Gasteiger charge is -2.22. The average Bonchev–Trinajstić information content (AvgIpc) is 2.72. The number of carbonyl (C=O) groups is 1. The number of carbonyl (C=O) groups excluding carboxylic acids is 1. The Morgan fingerprint density at radius 3 is 3.06 bits per heavy atom. The van der Waals surface area contributed by atoms with Crippen LogP contribution in [0, 0.1) is 5.92 Å². The molecule has 0 bridgehead atoms. The average molecular weight is 249 g/mol. The lowest BCUT2D eigenvalue weighted by atomic mass is 9.91. The third-order valence-corrected chi connectivity index (χ3v) is 3.73. The van der Waals surface area contributed by atoms with Gasteiger partial charge < -0.3 is 15.6 Å². The van der Waals surface area contributed by atoms with Crippen molar-refractivity contribution in [3.8, 4) is 0 Å². The largest absolute Gasteiger partial charge is 0.369 e. The molecule has 0 aliphatic heterocycles. The fourth-order valence-electron chi connectivity index (χ4n) is 2.72. The molecule has 0 aromatic carbocycles. The second kappa shape index (κ2) is 5.57. The molecule has 1 aliphatic carbocycles. The molecule has 1 aliphatic rings. The molecule has 0 spiro atoms. The van der Waals surface area contributed by atoms with E-state index in [0.717, 1.165) is 13.0 Å². The number of nitrogens with zero attached hydrogens (tertiary/aromatic N) is 1. The lowest BCUT2D eigenvalue weighted by molar-refractivity contribution is -0.121. The van der Waals surface area contributed by atoms with Crippen LogP contribution >= 0.6 is 0 Å². The van der Waals surface area contributed by atoms with E-state index < -0.39 is 0 Å². The minimum Gasteiger partial charge on any atom is -0.369 e. The van der Waals surface area contributed by atoms with Gasteiger partial charge in [0.1, 0.15) is 0 Å². The summed E-state index contributed by atoms with van der Waals surface area (Å²) in [5.74, 6) is -0.346. The zero-order valence-corrected chi connectivity index (χ0v) is 11.3. The smallest absolute Gasteiger partial charge is 0.222 e. The number of amides is 1. The van der Waals surface area contributed by atoms with Crippen LogP contribution in [-0.4, -0.2) is 17.0 Å². The lowest BCUT2D eigenvalue weighted by Crippen LogP contribution is -2.24. The van der Waals surface area contributed by atoms with E-state index in [1.165, 1.54) is 24.0 Å². The van der Waals surface area contributed by atoms with Crippen LogP contribution < -0.4 is 11.1 Å². The number of hydrogen-bond donors (Lipinski definition) is 2. The van der Waals surface area contributed by atoms with Crippen molar-refractivity contribution >= 4 is 5.91 Å². The predicted octanol–water partition coefficient (Wildman–Crippen LogP) is 1.60. The standard InChI is InChI=1S/C14H23N3O/c1-3-16-13-6-4-5-11-8-17(9-12(11)13)7-10(2)14(15)18/h8-10,13,16H,3-7H2,1-2H3,(H2,15,18). The number of aromatic nitrogens is 1.